The lowest BCUT2D eigenvalue weighted by Gasteiger charge is -2.33. The van der Waals surface area contributed by atoms with Crippen molar-refractivity contribution in [1.82, 2.24) is 0 Å². The van der Waals surface area contributed by atoms with Gasteiger partial charge in [-0.1, -0.05) is 181 Å². The van der Waals surface area contributed by atoms with Crippen molar-refractivity contribution in [2.45, 2.75) is 57.8 Å². The molecule has 0 fully saturated rings. The van der Waals surface area contributed by atoms with Crippen molar-refractivity contribution in [3.05, 3.63) is 191 Å². The van der Waals surface area contributed by atoms with E-state index in [1.165, 1.54) is 88.7 Å². The van der Waals surface area contributed by atoms with E-state index in [4.69, 9.17) is 4.74 Å². The van der Waals surface area contributed by atoms with E-state index < -0.39 is 5.41 Å². The Balaban J connectivity index is 1.17. The zero-order chi connectivity index (χ0) is 38.1. The second kappa shape index (κ2) is 11.4. The molecular formula is C55H44O. The van der Waals surface area contributed by atoms with E-state index >= 15 is 0 Å². The molecule has 0 bridgehead atoms. The summed E-state index contributed by atoms with van der Waals surface area (Å²) in [6.45, 7) is 14.0. The molecule has 8 aromatic rings. The first kappa shape index (κ1) is 33.2. The van der Waals surface area contributed by atoms with Gasteiger partial charge in [-0.2, -0.15) is 0 Å². The molecule has 0 aromatic heterocycles. The first-order valence-corrected chi connectivity index (χ1v) is 20.0. The summed E-state index contributed by atoms with van der Waals surface area (Å²) in [7, 11) is 0. The summed E-state index contributed by atoms with van der Waals surface area (Å²) >= 11 is 0. The van der Waals surface area contributed by atoms with E-state index in [0.717, 1.165) is 22.6 Å². The Morgan fingerprint density at radius 1 is 0.375 bits per heavy atom. The van der Waals surface area contributed by atoms with Gasteiger partial charge < -0.3 is 4.74 Å². The Bertz CT molecular complexity index is 2880. The van der Waals surface area contributed by atoms with Crippen LogP contribution in [0.5, 0.6) is 11.5 Å². The molecule has 1 spiro atoms. The van der Waals surface area contributed by atoms with Crippen LogP contribution in [0.1, 0.15) is 74.9 Å². The highest BCUT2D eigenvalue weighted by Crippen LogP contribution is 2.65. The summed E-state index contributed by atoms with van der Waals surface area (Å²) < 4.78 is 6.78. The molecule has 3 aliphatic rings. The molecule has 0 unspecified atom stereocenters. The predicted octanol–water partition coefficient (Wildman–Crippen LogP) is 14.9. The average molecular weight is 721 g/mol. The quantitative estimate of drug-likeness (QED) is 0.173. The van der Waals surface area contributed by atoms with Crippen molar-refractivity contribution in [2.75, 3.05) is 0 Å². The van der Waals surface area contributed by atoms with Crippen molar-refractivity contribution in [2.24, 2.45) is 0 Å². The Labute approximate surface area is 330 Å². The number of benzene rings is 8. The fourth-order valence-electron chi connectivity index (χ4n) is 10.1. The Hall–Kier alpha value is -6.18. The fraction of sp³-hybridized carbons (Fsp3) is 0.164. The van der Waals surface area contributed by atoms with Crippen molar-refractivity contribution in [1.29, 1.82) is 0 Å². The van der Waals surface area contributed by atoms with E-state index in [1.807, 2.05) is 0 Å². The number of hydrogen-bond acceptors (Lipinski definition) is 1. The summed E-state index contributed by atoms with van der Waals surface area (Å²) in [5, 5.41) is 2.38. The molecule has 1 heteroatoms. The molecular weight excluding hydrogens is 677 g/mol. The highest BCUT2D eigenvalue weighted by atomic mass is 16.5. The lowest BCUT2D eigenvalue weighted by molar-refractivity contribution is 0.487. The van der Waals surface area contributed by atoms with Gasteiger partial charge in [0, 0.05) is 10.9 Å². The highest BCUT2D eigenvalue weighted by Gasteiger charge is 2.52. The molecule has 1 heterocycles. The van der Waals surface area contributed by atoms with Gasteiger partial charge in [0.25, 0.3) is 0 Å². The third kappa shape index (κ3) is 4.49. The van der Waals surface area contributed by atoms with Gasteiger partial charge in [-0.3, -0.25) is 0 Å². The van der Waals surface area contributed by atoms with Crippen LogP contribution >= 0.6 is 0 Å². The summed E-state index contributed by atoms with van der Waals surface area (Å²) in [6, 6.07) is 59.3. The maximum atomic E-state index is 6.78. The maximum absolute atomic E-state index is 6.78. The molecule has 0 amide bonds. The van der Waals surface area contributed by atoms with Crippen LogP contribution in [0.15, 0.2) is 158 Å². The second-order valence-electron chi connectivity index (χ2n) is 18.1. The van der Waals surface area contributed by atoms with Crippen LogP contribution in [-0.4, -0.2) is 0 Å². The lowest BCUT2D eigenvalue weighted by atomic mass is 9.68. The van der Waals surface area contributed by atoms with Crippen LogP contribution in [0.4, 0.5) is 0 Å². The van der Waals surface area contributed by atoms with Crippen LogP contribution in [0.2, 0.25) is 0 Å². The van der Waals surface area contributed by atoms with Crippen molar-refractivity contribution >= 4 is 10.8 Å². The third-order valence-electron chi connectivity index (χ3n) is 12.8. The number of hydrogen-bond donors (Lipinski definition) is 0. The molecule has 2 aliphatic carbocycles. The van der Waals surface area contributed by atoms with Gasteiger partial charge in [0.15, 0.2) is 0 Å². The molecule has 56 heavy (non-hydrogen) atoms. The first-order chi connectivity index (χ1) is 27.0. The lowest BCUT2D eigenvalue weighted by Crippen LogP contribution is -2.27. The Kier molecular flexibility index (Phi) is 6.77. The van der Waals surface area contributed by atoms with E-state index in [1.54, 1.807) is 0 Å². The van der Waals surface area contributed by atoms with Gasteiger partial charge in [0.05, 0.1) is 5.41 Å². The van der Waals surface area contributed by atoms with Crippen LogP contribution in [0.3, 0.4) is 0 Å². The Morgan fingerprint density at radius 2 is 0.964 bits per heavy atom. The van der Waals surface area contributed by atoms with Crippen LogP contribution in [-0.2, 0) is 16.2 Å². The molecule has 0 saturated carbocycles. The molecule has 0 atom stereocenters. The predicted molar refractivity (Wildman–Crippen MR) is 234 cm³/mol. The van der Waals surface area contributed by atoms with Gasteiger partial charge in [-0.25, -0.2) is 0 Å². The van der Waals surface area contributed by atoms with E-state index in [-0.39, 0.29) is 10.8 Å². The summed E-state index contributed by atoms with van der Waals surface area (Å²) in [4.78, 5) is 0. The average Bonchev–Trinajstić information content (AvgIpc) is 3.67. The fourth-order valence-corrected chi connectivity index (χ4v) is 10.1. The molecule has 270 valence electrons. The van der Waals surface area contributed by atoms with Crippen LogP contribution in [0, 0.1) is 0 Å². The molecule has 0 radical (unpaired) electrons. The smallest absolute Gasteiger partial charge is 0.135 e. The Morgan fingerprint density at radius 3 is 1.68 bits per heavy atom. The van der Waals surface area contributed by atoms with Gasteiger partial charge in [-0.15, -0.1) is 0 Å². The highest BCUT2D eigenvalue weighted by molar-refractivity contribution is 6.12. The van der Waals surface area contributed by atoms with Crippen LogP contribution in [0.25, 0.3) is 66.4 Å². The topological polar surface area (TPSA) is 9.23 Å². The summed E-state index contributed by atoms with van der Waals surface area (Å²) in [5.74, 6) is 1.81. The molecule has 0 N–H and O–H groups in total. The van der Waals surface area contributed by atoms with Crippen molar-refractivity contribution in [3.63, 3.8) is 0 Å². The molecule has 8 aromatic carbocycles. The normalized spacial score (nSPS) is 14.2. The molecule has 11 rings (SSSR count). The van der Waals surface area contributed by atoms with Gasteiger partial charge in [-0.05, 0) is 118 Å². The summed E-state index contributed by atoms with van der Waals surface area (Å²) in [5.41, 5.74) is 20.3. The minimum absolute atomic E-state index is 0.0114. The molecule has 1 aliphatic heterocycles. The largest absolute Gasteiger partial charge is 0.456 e. The standard InChI is InChI=1S/C55H44O/c1-53(2,3)35-23-26-38-39-27-24-36(54(4,5)6)32-48(39)55(47(38)31-35)45-20-11-10-16-44(45)51-41(19-13-21-46(51)55)37-28-29-49-52-42(37)17-12-18-43(52)40-25-22-34(30-50(40)56-49)33-14-8-7-9-15-33/h7-32H,1-6H3. The minimum atomic E-state index is -0.444. The SMILES string of the molecule is CC(C)(C)c1ccc2c(c1)C1(c3cc(C(C)(C)C)ccc3-2)c2ccccc2-c2c(-c3ccc4c5c(cccc35)-c3ccc(-c5ccccc5)cc3O4)cccc21. The maximum Gasteiger partial charge on any atom is 0.135 e. The third-order valence-corrected chi connectivity index (χ3v) is 12.8. The van der Waals surface area contributed by atoms with E-state index in [0.29, 0.717) is 0 Å². The first-order valence-electron chi connectivity index (χ1n) is 20.0. The number of fused-ring (bicyclic) bond motifs is 12. The molecule has 0 saturated heterocycles. The van der Waals surface area contributed by atoms with Gasteiger partial charge in [0.2, 0.25) is 0 Å². The van der Waals surface area contributed by atoms with Crippen molar-refractivity contribution < 1.29 is 4.74 Å². The minimum Gasteiger partial charge on any atom is -0.456 e. The van der Waals surface area contributed by atoms with E-state index in [9.17, 15) is 0 Å². The zero-order valence-corrected chi connectivity index (χ0v) is 32.9. The molecule has 1 nitrogen and oxygen atoms in total. The van der Waals surface area contributed by atoms with Crippen LogP contribution < -0.4 is 4.74 Å². The van der Waals surface area contributed by atoms with Gasteiger partial charge >= 0.3 is 0 Å². The number of ether oxygens (including phenoxy) is 1. The van der Waals surface area contributed by atoms with Crippen molar-refractivity contribution in [3.8, 4) is 67.1 Å². The van der Waals surface area contributed by atoms with E-state index in [2.05, 4.69) is 199 Å². The number of rotatable bonds is 2. The second-order valence-corrected chi connectivity index (χ2v) is 18.1. The van der Waals surface area contributed by atoms with Gasteiger partial charge in [0.1, 0.15) is 11.5 Å². The summed E-state index contributed by atoms with van der Waals surface area (Å²) in [6.07, 6.45) is 0. The zero-order valence-electron chi connectivity index (χ0n) is 32.9. The monoisotopic (exact) mass is 720 g/mol.